The smallest absolute Gasteiger partial charge is 0.417 e. The van der Waals surface area contributed by atoms with Crippen molar-refractivity contribution in [2.24, 2.45) is 22.9 Å². The number of allylic oxidation sites excluding steroid dienone is 1. The molecule has 2 aliphatic carbocycles. The molecule has 1 saturated carbocycles. The third kappa shape index (κ3) is 12.2. The Hall–Kier alpha value is -6.79. The Morgan fingerprint density at radius 1 is 0.877 bits per heavy atom. The number of hydrogen-bond donors (Lipinski definition) is 3. The molecule has 2 aliphatic heterocycles. The number of nitrogens with zero attached hydrogens (tertiary/aromatic N) is 2. The molecule has 17 nitrogen and oxygen atoms in total. The molecular formula is C56H67N3O14. The number of ether oxygens (including phenoxy) is 9. The van der Waals surface area contributed by atoms with Gasteiger partial charge in [0, 0.05) is 43.7 Å². The number of rotatable bonds is 25. The van der Waals surface area contributed by atoms with E-state index in [2.05, 4.69) is 18.0 Å². The van der Waals surface area contributed by atoms with E-state index in [1.807, 2.05) is 61.5 Å². The lowest BCUT2D eigenvalue weighted by Crippen LogP contribution is -2.70. The van der Waals surface area contributed by atoms with Gasteiger partial charge in [0.1, 0.15) is 42.3 Å². The Morgan fingerprint density at radius 2 is 1.66 bits per heavy atom. The number of hydrogen-bond acceptors (Lipinski definition) is 15. The number of benzene rings is 4. The molecule has 0 aromatic heterocycles. The Kier molecular flexibility index (Phi) is 18.2. The molecule has 0 saturated heterocycles. The summed E-state index contributed by atoms with van der Waals surface area (Å²) in [5, 5.41) is 27.7. The summed E-state index contributed by atoms with van der Waals surface area (Å²) in [6.07, 6.45) is 6.78. The van der Waals surface area contributed by atoms with Crippen LogP contribution >= 0.6 is 0 Å². The van der Waals surface area contributed by atoms with E-state index in [9.17, 15) is 15.0 Å². The minimum absolute atomic E-state index is 0.0245. The molecule has 390 valence electrons. The van der Waals surface area contributed by atoms with Gasteiger partial charge in [-0.3, -0.25) is 10.2 Å². The molecular weight excluding hydrogens is 939 g/mol. The number of nitrogens with one attached hydrogen (secondary N) is 1. The summed E-state index contributed by atoms with van der Waals surface area (Å²) in [5.41, 5.74) is 4.33. The molecule has 17 heteroatoms. The number of anilines is 1. The van der Waals surface area contributed by atoms with Gasteiger partial charge in [-0.05, 0) is 104 Å². The third-order valence-electron chi connectivity index (χ3n) is 13.8. The van der Waals surface area contributed by atoms with E-state index in [0.717, 1.165) is 35.1 Å². The van der Waals surface area contributed by atoms with Crippen LogP contribution in [-0.4, -0.2) is 105 Å². The Balaban J connectivity index is 1.24. The first-order chi connectivity index (χ1) is 35.7. The Bertz CT molecular complexity index is 2570. The first-order valence-corrected chi connectivity index (χ1v) is 25.1. The van der Waals surface area contributed by atoms with E-state index in [4.69, 9.17) is 52.6 Å². The summed E-state index contributed by atoms with van der Waals surface area (Å²) in [5.74, 6) is 0.0459. The molecule has 0 spiro atoms. The molecule has 2 heterocycles. The molecule has 3 N–H and O–H groups in total. The van der Waals surface area contributed by atoms with Crippen molar-refractivity contribution in [3.63, 3.8) is 0 Å². The van der Waals surface area contributed by atoms with E-state index >= 15 is 4.79 Å². The molecule has 4 aliphatic rings. The zero-order valence-corrected chi connectivity index (χ0v) is 41.8. The second-order valence-electron chi connectivity index (χ2n) is 18.2. The highest BCUT2D eigenvalue weighted by atomic mass is 16.7. The van der Waals surface area contributed by atoms with Crippen LogP contribution in [0, 0.1) is 17.8 Å². The Morgan fingerprint density at radius 3 is 2.42 bits per heavy atom. The fourth-order valence-electron chi connectivity index (χ4n) is 10.6. The van der Waals surface area contributed by atoms with Gasteiger partial charge in [0.2, 0.25) is 12.6 Å². The van der Waals surface area contributed by atoms with Crippen LogP contribution in [0.1, 0.15) is 74.5 Å². The van der Waals surface area contributed by atoms with Gasteiger partial charge in [0.05, 0.1) is 51.4 Å². The van der Waals surface area contributed by atoms with E-state index in [-0.39, 0.29) is 77.0 Å². The number of aliphatic hydroxyl groups is 2. The van der Waals surface area contributed by atoms with Crippen molar-refractivity contribution in [3.05, 3.63) is 126 Å². The second-order valence-corrected chi connectivity index (χ2v) is 18.2. The number of unbranched alkanes of at least 4 members (excludes halogenated alkanes) is 2. The van der Waals surface area contributed by atoms with Gasteiger partial charge in [0.25, 0.3) is 0 Å². The Labute approximate surface area is 426 Å². The van der Waals surface area contributed by atoms with Crippen molar-refractivity contribution < 1.29 is 67.3 Å². The average Bonchev–Trinajstić information content (AvgIpc) is 3.88. The molecule has 0 radical (unpaired) electrons. The monoisotopic (exact) mass is 1010 g/mol. The summed E-state index contributed by atoms with van der Waals surface area (Å²) >= 11 is 0. The fourth-order valence-corrected chi connectivity index (χ4v) is 10.6. The minimum atomic E-state index is -1.60. The maximum absolute atomic E-state index is 15.1. The van der Waals surface area contributed by atoms with Crippen LogP contribution in [0.5, 0.6) is 34.5 Å². The van der Waals surface area contributed by atoms with Crippen LogP contribution in [0.15, 0.2) is 114 Å². The van der Waals surface area contributed by atoms with E-state index < -0.39 is 35.9 Å². The zero-order chi connectivity index (χ0) is 51.2. The number of aliphatic hydroxyl groups excluding tert-OH is 2. The van der Waals surface area contributed by atoms with Crippen molar-refractivity contribution in [1.82, 2.24) is 4.90 Å². The van der Waals surface area contributed by atoms with Crippen molar-refractivity contribution in [1.29, 1.82) is 0 Å². The van der Waals surface area contributed by atoms with Gasteiger partial charge >= 0.3 is 12.2 Å². The largest absolute Gasteiger partial charge is 0.497 e. The number of carbonyl (C=O) groups is 2. The second kappa shape index (κ2) is 25.2. The number of oxime groups is 1. The topological polar surface area (TPSA) is 195 Å². The van der Waals surface area contributed by atoms with Crippen LogP contribution < -0.4 is 33.7 Å². The van der Waals surface area contributed by atoms with E-state index in [1.54, 1.807) is 48.4 Å². The summed E-state index contributed by atoms with van der Waals surface area (Å²) in [6.45, 7) is 6.89. The van der Waals surface area contributed by atoms with Crippen molar-refractivity contribution >= 4 is 23.6 Å². The number of methoxy groups -OCH3 is 2. The molecule has 8 rings (SSSR count). The minimum Gasteiger partial charge on any atom is -0.497 e. The lowest BCUT2D eigenvalue weighted by Gasteiger charge is -2.59. The summed E-state index contributed by atoms with van der Waals surface area (Å²) < 4.78 is 55.0. The molecule has 4 aromatic rings. The predicted octanol–water partition coefficient (Wildman–Crippen LogP) is 9.55. The number of amides is 2. The van der Waals surface area contributed by atoms with Crippen molar-refractivity contribution in [2.45, 2.75) is 82.8 Å². The maximum atomic E-state index is 15.1. The van der Waals surface area contributed by atoms with Gasteiger partial charge in [-0.15, -0.1) is 6.58 Å². The highest BCUT2D eigenvalue weighted by Gasteiger charge is 2.66. The summed E-state index contributed by atoms with van der Waals surface area (Å²) in [4.78, 5) is 36.3. The first-order valence-electron chi connectivity index (χ1n) is 25.1. The van der Waals surface area contributed by atoms with Crippen LogP contribution in [-0.2, 0) is 32.2 Å². The van der Waals surface area contributed by atoms with Crippen LogP contribution in [0.2, 0.25) is 0 Å². The van der Waals surface area contributed by atoms with Crippen LogP contribution in [0.25, 0.3) is 0 Å². The number of carbonyl (C=O) groups excluding carboxylic acids is 2. The van der Waals surface area contributed by atoms with Gasteiger partial charge in [0.15, 0.2) is 11.5 Å². The van der Waals surface area contributed by atoms with Crippen LogP contribution in [0.3, 0.4) is 0 Å². The van der Waals surface area contributed by atoms with Gasteiger partial charge in [-0.25, -0.2) is 9.59 Å². The highest BCUT2D eigenvalue weighted by molar-refractivity contribution is 6.03. The van der Waals surface area contributed by atoms with E-state index in [0.29, 0.717) is 72.4 Å². The molecule has 1 fully saturated rings. The highest BCUT2D eigenvalue weighted by Crippen LogP contribution is 2.62. The molecule has 6 atom stereocenters. The van der Waals surface area contributed by atoms with Gasteiger partial charge in [-0.1, -0.05) is 66.5 Å². The lowest BCUT2D eigenvalue weighted by atomic mass is 9.55. The SMILES string of the molecule is C=CCOC12Oc3ccc(OC(=O)Nc4ccc(OC)cc4OC)cc3C3C(CCCCO)C(CCCCO)C=C(C(=NOCC)CC1N(Cc1ccc4c(c1)OCO4)C(=O)OCCOCc1ccccc1)C32. The molecule has 4 aromatic carbocycles. The fraction of sp³-hybridized carbons (Fsp3) is 0.446. The third-order valence-corrected chi connectivity index (χ3v) is 13.8. The number of fused-ring (bicyclic) bond motifs is 3. The molecule has 0 bridgehead atoms. The molecule has 6 unspecified atom stereocenters. The quantitative estimate of drug-likeness (QED) is 0.0323. The van der Waals surface area contributed by atoms with Crippen molar-refractivity contribution in [3.8, 4) is 34.5 Å². The zero-order valence-electron chi connectivity index (χ0n) is 41.8. The molecule has 2 amide bonds. The van der Waals surface area contributed by atoms with Gasteiger partial charge < -0.3 is 57.7 Å². The molecule has 73 heavy (non-hydrogen) atoms. The van der Waals surface area contributed by atoms with Crippen molar-refractivity contribution in [2.75, 3.05) is 66.0 Å². The lowest BCUT2D eigenvalue weighted by molar-refractivity contribution is -0.256. The summed E-state index contributed by atoms with van der Waals surface area (Å²) in [7, 11) is 3.04. The first kappa shape index (κ1) is 52.5. The van der Waals surface area contributed by atoms with Gasteiger partial charge in [-0.2, -0.15) is 0 Å². The standard InChI is InChI=1S/C56H67N3O14/c1-5-26-70-56-51(59(34-38-18-22-48-50(29-38)69-36-68-48)55(63)67-28-27-66-35-37-14-8-7-9-15-37)33-46(58-71-6-2)43-30-39(16-10-12-24-60)42(17-11-13-25-61)52(53(43)56)44-31-41(20-23-47(44)73-56)72-54(62)57-45-21-19-40(64-3)32-49(45)65-4/h5,7-9,14-15,18-23,29-32,39,42,51-53,60-61H,1,6,10-13,16-17,24-28,33-36H2,2-4H3,(H,57,62). The maximum Gasteiger partial charge on any atom is 0.417 e. The predicted molar refractivity (Wildman–Crippen MR) is 271 cm³/mol. The van der Waals surface area contributed by atoms with Crippen LogP contribution in [0.4, 0.5) is 15.3 Å². The normalized spacial score (nSPS) is 21.7. The van der Waals surface area contributed by atoms with E-state index in [1.165, 1.54) is 7.11 Å². The average molecular weight is 1010 g/mol. The summed E-state index contributed by atoms with van der Waals surface area (Å²) in [6, 6.07) is 24.7.